The van der Waals surface area contributed by atoms with Gasteiger partial charge in [-0.2, -0.15) is 13.2 Å². The highest BCUT2D eigenvalue weighted by molar-refractivity contribution is 6.08. The second-order valence-electron chi connectivity index (χ2n) is 5.54. The van der Waals surface area contributed by atoms with Crippen LogP contribution in [-0.2, 0) is 12.7 Å². The monoisotopic (exact) mass is 357 g/mol. The molecule has 3 rings (SSSR count). The summed E-state index contributed by atoms with van der Waals surface area (Å²) in [5.41, 5.74) is 0.230. The van der Waals surface area contributed by atoms with E-state index in [0.717, 1.165) is 17.7 Å². The minimum absolute atomic E-state index is 0.0616. The first kappa shape index (κ1) is 17.6. The number of carbonyl (C=O) groups is 1. The van der Waals surface area contributed by atoms with E-state index in [-0.39, 0.29) is 11.1 Å². The molecule has 1 N–H and O–H groups in total. The maximum atomic E-state index is 12.8. The van der Waals surface area contributed by atoms with Crippen LogP contribution in [0.25, 0.3) is 0 Å². The van der Waals surface area contributed by atoms with Crippen LogP contribution < -0.4 is 5.32 Å². The van der Waals surface area contributed by atoms with Gasteiger partial charge in [-0.3, -0.25) is 4.79 Å². The second kappa shape index (κ2) is 7.35. The summed E-state index contributed by atoms with van der Waals surface area (Å²) in [6.07, 6.45) is -1.91. The topological polar surface area (TPSA) is 54.9 Å². The normalized spacial score (nSPS) is 11.2. The second-order valence-corrected chi connectivity index (χ2v) is 5.54. The SMILES string of the molecule is O=C(c1cnc(NCc2ccccc2)nc1)c1cccc(C(F)(F)F)c1. The summed E-state index contributed by atoms with van der Waals surface area (Å²) in [5, 5.41) is 3.01. The van der Waals surface area contributed by atoms with Crippen LogP contribution in [0.5, 0.6) is 0 Å². The van der Waals surface area contributed by atoms with Crippen molar-refractivity contribution in [2.24, 2.45) is 0 Å². The first-order chi connectivity index (χ1) is 12.4. The van der Waals surface area contributed by atoms with Crippen molar-refractivity contribution in [2.75, 3.05) is 5.32 Å². The van der Waals surface area contributed by atoms with Gasteiger partial charge >= 0.3 is 6.18 Å². The van der Waals surface area contributed by atoms with E-state index in [0.29, 0.717) is 12.5 Å². The van der Waals surface area contributed by atoms with E-state index < -0.39 is 17.5 Å². The van der Waals surface area contributed by atoms with Crippen molar-refractivity contribution in [3.05, 3.63) is 89.2 Å². The number of benzene rings is 2. The summed E-state index contributed by atoms with van der Waals surface area (Å²) < 4.78 is 38.3. The molecule has 0 atom stereocenters. The number of nitrogens with one attached hydrogen (secondary N) is 1. The van der Waals surface area contributed by atoms with Gasteiger partial charge in [0.1, 0.15) is 0 Å². The van der Waals surface area contributed by atoms with Gasteiger partial charge in [0.05, 0.1) is 11.1 Å². The molecule has 0 spiro atoms. The van der Waals surface area contributed by atoms with E-state index in [1.54, 1.807) is 0 Å². The maximum Gasteiger partial charge on any atom is 0.416 e. The fourth-order valence-corrected chi connectivity index (χ4v) is 2.32. The third kappa shape index (κ3) is 4.24. The van der Waals surface area contributed by atoms with Crippen molar-refractivity contribution in [3.8, 4) is 0 Å². The van der Waals surface area contributed by atoms with Crippen molar-refractivity contribution in [1.29, 1.82) is 0 Å². The van der Waals surface area contributed by atoms with Crippen LogP contribution in [0.3, 0.4) is 0 Å². The van der Waals surface area contributed by atoms with Gasteiger partial charge in [-0.15, -0.1) is 0 Å². The lowest BCUT2D eigenvalue weighted by Crippen LogP contribution is -2.09. The molecule has 7 heteroatoms. The van der Waals surface area contributed by atoms with E-state index in [1.165, 1.54) is 24.5 Å². The smallest absolute Gasteiger partial charge is 0.350 e. The minimum atomic E-state index is -4.50. The van der Waals surface area contributed by atoms with Crippen LogP contribution in [0.15, 0.2) is 67.0 Å². The molecule has 26 heavy (non-hydrogen) atoms. The van der Waals surface area contributed by atoms with Crippen molar-refractivity contribution in [3.63, 3.8) is 0 Å². The molecule has 3 aromatic rings. The Balaban J connectivity index is 1.71. The summed E-state index contributed by atoms with van der Waals surface area (Å²) in [5.74, 6) is -0.236. The first-order valence-corrected chi connectivity index (χ1v) is 7.75. The number of hydrogen-bond donors (Lipinski definition) is 1. The van der Waals surface area contributed by atoms with Gasteiger partial charge in [-0.1, -0.05) is 42.5 Å². The number of anilines is 1. The quantitative estimate of drug-likeness (QED) is 0.690. The molecule has 0 radical (unpaired) electrons. The van der Waals surface area contributed by atoms with E-state index in [2.05, 4.69) is 15.3 Å². The number of carbonyl (C=O) groups excluding carboxylic acids is 1. The molecule has 0 amide bonds. The zero-order chi connectivity index (χ0) is 18.6. The molecule has 0 saturated carbocycles. The zero-order valence-electron chi connectivity index (χ0n) is 13.5. The predicted molar refractivity (Wildman–Crippen MR) is 90.7 cm³/mol. The van der Waals surface area contributed by atoms with E-state index in [4.69, 9.17) is 0 Å². The Morgan fingerprint density at radius 3 is 2.27 bits per heavy atom. The molecule has 0 aliphatic heterocycles. The van der Waals surface area contributed by atoms with Crippen molar-refractivity contribution in [2.45, 2.75) is 12.7 Å². The fourth-order valence-electron chi connectivity index (χ4n) is 2.32. The zero-order valence-corrected chi connectivity index (χ0v) is 13.5. The summed E-state index contributed by atoms with van der Waals surface area (Å²) >= 11 is 0. The lowest BCUT2D eigenvalue weighted by molar-refractivity contribution is -0.137. The van der Waals surface area contributed by atoms with Crippen molar-refractivity contribution < 1.29 is 18.0 Å². The van der Waals surface area contributed by atoms with Crippen LogP contribution in [0.4, 0.5) is 19.1 Å². The third-order valence-electron chi connectivity index (χ3n) is 3.66. The van der Waals surface area contributed by atoms with Gasteiger partial charge in [-0.05, 0) is 17.7 Å². The lowest BCUT2D eigenvalue weighted by Gasteiger charge is -2.08. The summed E-state index contributed by atoms with van der Waals surface area (Å²) in [7, 11) is 0. The molecule has 132 valence electrons. The van der Waals surface area contributed by atoms with Crippen LogP contribution >= 0.6 is 0 Å². The molecule has 1 heterocycles. The number of rotatable bonds is 5. The van der Waals surface area contributed by atoms with E-state index in [1.807, 2.05) is 30.3 Å². The van der Waals surface area contributed by atoms with Crippen LogP contribution in [0.2, 0.25) is 0 Å². The maximum absolute atomic E-state index is 12.8. The number of nitrogens with zero attached hydrogens (tertiary/aromatic N) is 2. The van der Waals surface area contributed by atoms with E-state index in [9.17, 15) is 18.0 Å². The Morgan fingerprint density at radius 2 is 1.62 bits per heavy atom. The highest BCUT2D eigenvalue weighted by atomic mass is 19.4. The third-order valence-corrected chi connectivity index (χ3v) is 3.66. The van der Waals surface area contributed by atoms with Crippen LogP contribution in [-0.4, -0.2) is 15.8 Å². The molecule has 0 bridgehead atoms. The number of aromatic nitrogens is 2. The van der Waals surface area contributed by atoms with E-state index >= 15 is 0 Å². The van der Waals surface area contributed by atoms with Crippen LogP contribution in [0, 0.1) is 0 Å². The van der Waals surface area contributed by atoms with Crippen molar-refractivity contribution >= 4 is 11.7 Å². The van der Waals surface area contributed by atoms with Gasteiger partial charge < -0.3 is 5.32 Å². The van der Waals surface area contributed by atoms with Gasteiger partial charge in [0, 0.05) is 24.5 Å². The molecular weight excluding hydrogens is 343 g/mol. The van der Waals surface area contributed by atoms with Gasteiger partial charge in [0.25, 0.3) is 0 Å². The molecule has 0 saturated heterocycles. The highest BCUT2D eigenvalue weighted by Gasteiger charge is 2.31. The Kier molecular flexibility index (Phi) is 4.97. The van der Waals surface area contributed by atoms with Gasteiger partial charge in [0.2, 0.25) is 5.95 Å². The molecule has 0 fully saturated rings. The summed E-state index contributed by atoms with van der Waals surface area (Å²) in [6, 6.07) is 13.9. The number of alkyl halides is 3. The van der Waals surface area contributed by atoms with Gasteiger partial charge in [-0.25, -0.2) is 9.97 Å². The number of ketones is 1. The van der Waals surface area contributed by atoms with Crippen molar-refractivity contribution in [1.82, 2.24) is 9.97 Å². The lowest BCUT2D eigenvalue weighted by atomic mass is 10.0. The van der Waals surface area contributed by atoms with Crippen LogP contribution in [0.1, 0.15) is 27.0 Å². The minimum Gasteiger partial charge on any atom is -0.350 e. The molecule has 0 unspecified atom stereocenters. The molecule has 0 aliphatic carbocycles. The largest absolute Gasteiger partial charge is 0.416 e. The Hall–Kier alpha value is -3.22. The molecular formula is C19H14F3N3O. The van der Waals surface area contributed by atoms with Gasteiger partial charge in [0.15, 0.2) is 5.78 Å². The average Bonchev–Trinajstić information content (AvgIpc) is 2.66. The highest BCUT2D eigenvalue weighted by Crippen LogP contribution is 2.29. The standard InChI is InChI=1S/C19H14F3N3O/c20-19(21,22)16-8-4-7-14(9-16)17(26)15-11-24-18(25-12-15)23-10-13-5-2-1-3-6-13/h1-9,11-12H,10H2,(H,23,24,25). The first-order valence-electron chi connectivity index (χ1n) is 7.75. The number of halogens is 3. The molecule has 4 nitrogen and oxygen atoms in total. The predicted octanol–water partition coefficient (Wildman–Crippen LogP) is 4.34. The Morgan fingerprint density at radius 1 is 0.923 bits per heavy atom. The number of hydrogen-bond acceptors (Lipinski definition) is 4. The Bertz CT molecular complexity index is 894. The average molecular weight is 357 g/mol. The molecule has 2 aromatic carbocycles. The summed E-state index contributed by atoms with van der Waals surface area (Å²) in [4.78, 5) is 20.4. The molecule has 1 aromatic heterocycles. The molecule has 0 aliphatic rings. The Labute approximate surface area is 147 Å². The summed E-state index contributed by atoms with van der Waals surface area (Å²) in [6.45, 7) is 0.516. The fraction of sp³-hybridized carbons (Fsp3) is 0.105.